The summed E-state index contributed by atoms with van der Waals surface area (Å²) in [6.45, 7) is 2.46. The van der Waals surface area contributed by atoms with Gasteiger partial charge in [0.25, 0.3) is 0 Å². The zero-order valence-corrected chi connectivity index (χ0v) is 12.2. The van der Waals surface area contributed by atoms with E-state index in [0.29, 0.717) is 29.6 Å². The fourth-order valence-corrected chi connectivity index (χ4v) is 1.82. The van der Waals surface area contributed by atoms with Crippen molar-refractivity contribution in [2.24, 2.45) is 5.73 Å². The minimum atomic E-state index is -1.26. The third-order valence-corrected chi connectivity index (χ3v) is 2.69. The van der Waals surface area contributed by atoms with Gasteiger partial charge in [0.05, 0.1) is 5.52 Å². The lowest BCUT2D eigenvalue weighted by molar-refractivity contribution is -0.134. The van der Waals surface area contributed by atoms with Gasteiger partial charge in [-0.1, -0.05) is 0 Å². The van der Waals surface area contributed by atoms with Gasteiger partial charge in [0, 0.05) is 36.3 Å². The molecule has 1 aromatic heterocycles. The predicted molar refractivity (Wildman–Crippen MR) is 79.9 cm³/mol. The summed E-state index contributed by atoms with van der Waals surface area (Å²) in [7, 11) is 0. The van der Waals surface area contributed by atoms with Gasteiger partial charge < -0.3 is 20.5 Å². The molecule has 0 saturated carbocycles. The van der Waals surface area contributed by atoms with Crippen LogP contribution < -0.4 is 5.73 Å². The molecular formula is C15H16F2N2O4. The highest BCUT2D eigenvalue weighted by molar-refractivity contribution is 5.89. The van der Waals surface area contributed by atoms with Gasteiger partial charge in [-0.2, -0.15) is 0 Å². The SMILES string of the molecule is CC(N)Cn1ccc2c(F)c(F)ccc21.O=C(O)/C=C/C(=O)O. The van der Waals surface area contributed by atoms with E-state index in [9.17, 15) is 18.4 Å². The zero-order valence-electron chi connectivity index (χ0n) is 12.2. The van der Waals surface area contributed by atoms with Gasteiger partial charge in [-0.25, -0.2) is 18.4 Å². The second kappa shape index (κ2) is 8.04. The van der Waals surface area contributed by atoms with Crippen LogP contribution in [0.3, 0.4) is 0 Å². The largest absolute Gasteiger partial charge is 0.478 e. The van der Waals surface area contributed by atoms with Crippen LogP contribution in [0.1, 0.15) is 6.92 Å². The Morgan fingerprint density at radius 2 is 1.78 bits per heavy atom. The number of benzene rings is 1. The molecule has 124 valence electrons. The van der Waals surface area contributed by atoms with Gasteiger partial charge in [-0.15, -0.1) is 0 Å². The quantitative estimate of drug-likeness (QED) is 0.745. The van der Waals surface area contributed by atoms with E-state index in [4.69, 9.17) is 15.9 Å². The van der Waals surface area contributed by atoms with Crippen molar-refractivity contribution in [3.8, 4) is 0 Å². The number of rotatable bonds is 4. The van der Waals surface area contributed by atoms with Gasteiger partial charge in [0.15, 0.2) is 11.6 Å². The van der Waals surface area contributed by atoms with Crippen molar-refractivity contribution in [2.75, 3.05) is 0 Å². The van der Waals surface area contributed by atoms with E-state index in [0.717, 1.165) is 6.07 Å². The summed E-state index contributed by atoms with van der Waals surface area (Å²) in [5, 5.41) is 15.9. The smallest absolute Gasteiger partial charge is 0.328 e. The van der Waals surface area contributed by atoms with Crippen molar-refractivity contribution in [1.29, 1.82) is 0 Å². The molecule has 0 aliphatic rings. The summed E-state index contributed by atoms with van der Waals surface area (Å²) >= 11 is 0. The van der Waals surface area contributed by atoms with E-state index in [1.807, 2.05) is 11.5 Å². The molecule has 0 aliphatic carbocycles. The molecule has 0 spiro atoms. The standard InChI is InChI=1S/C11H12F2N2.C4H4O4/c1-7(14)6-15-5-4-8-10(15)3-2-9(12)11(8)13;5-3(6)1-2-4(7)8/h2-5,7H,6,14H2,1H3;1-2H,(H,5,6)(H,7,8)/b;2-1+. The van der Waals surface area contributed by atoms with Crippen LogP contribution in [0.5, 0.6) is 0 Å². The number of carbonyl (C=O) groups is 2. The van der Waals surface area contributed by atoms with Crippen molar-refractivity contribution in [1.82, 2.24) is 4.57 Å². The van der Waals surface area contributed by atoms with Crippen LogP contribution in [0.25, 0.3) is 10.9 Å². The molecule has 23 heavy (non-hydrogen) atoms. The molecule has 1 atom stereocenters. The molecule has 0 fully saturated rings. The van der Waals surface area contributed by atoms with Gasteiger partial charge in [-0.3, -0.25) is 0 Å². The molecule has 2 aromatic rings. The molecule has 0 bridgehead atoms. The van der Waals surface area contributed by atoms with Gasteiger partial charge in [-0.05, 0) is 25.1 Å². The summed E-state index contributed by atoms with van der Waals surface area (Å²) in [6, 6.07) is 4.25. The van der Waals surface area contributed by atoms with Crippen molar-refractivity contribution >= 4 is 22.8 Å². The highest BCUT2D eigenvalue weighted by Crippen LogP contribution is 2.21. The van der Waals surface area contributed by atoms with E-state index in [-0.39, 0.29) is 6.04 Å². The molecule has 0 saturated heterocycles. The highest BCUT2D eigenvalue weighted by Gasteiger charge is 2.10. The number of fused-ring (bicyclic) bond motifs is 1. The predicted octanol–water partition coefficient (Wildman–Crippen LogP) is 1.98. The molecule has 4 N–H and O–H groups in total. The van der Waals surface area contributed by atoms with Crippen molar-refractivity contribution < 1.29 is 28.6 Å². The van der Waals surface area contributed by atoms with Gasteiger partial charge in [0.2, 0.25) is 0 Å². The van der Waals surface area contributed by atoms with E-state index in [1.165, 1.54) is 0 Å². The molecule has 6 nitrogen and oxygen atoms in total. The Morgan fingerprint density at radius 1 is 1.22 bits per heavy atom. The molecule has 1 heterocycles. The van der Waals surface area contributed by atoms with Crippen molar-refractivity contribution in [3.05, 3.63) is 48.2 Å². The average molecular weight is 326 g/mol. The summed E-state index contributed by atoms with van der Waals surface area (Å²) < 4.78 is 28.1. The lowest BCUT2D eigenvalue weighted by Gasteiger charge is -2.08. The number of aromatic nitrogens is 1. The van der Waals surface area contributed by atoms with Crippen LogP contribution in [0.4, 0.5) is 8.78 Å². The number of hydrogen-bond donors (Lipinski definition) is 3. The fourth-order valence-electron chi connectivity index (χ4n) is 1.82. The Bertz CT molecular complexity index is 722. The molecule has 0 amide bonds. The maximum atomic E-state index is 13.3. The monoisotopic (exact) mass is 326 g/mol. The second-order valence-corrected chi connectivity index (χ2v) is 4.75. The van der Waals surface area contributed by atoms with E-state index < -0.39 is 23.6 Å². The number of nitrogens with two attached hydrogens (primary N) is 1. The summed E-state index contributed by atoms with van der Waals surface area (Å²) in [5.74, 6) is -4.13. The minimum absolute atomic E-state index is 0.0197. The summed E-state index contributed by atoms with van der Waals surface area (Å²) in [6.07, 6.45) is 2.83. The van der Waals surface area contributed by atoms with E-state index >= 15 is 0 Å². The number of nitrogens with zero attached hydrogens (tertiary/aromatic N) is 1. The Kier molecular flexibility index (Phi) is 6.40. The van der Waals surface area contributed by atoms with Crippen LogP contribution in [-0.4, -0.2) is 32.8 Å². The molecule has 1 unspecified atom stereocenters. The van der Waals surface area contributed by atoms with Crippen LogP contribution in [0.15, 0.2) is 36.5 Å². The lowest BCUT2D eigenvalue weighted by Crippen LogP contribution is -2.21. The van der Waals surface area contributed by atoms with Gasteiger partial charge >= 0.3 is 11.9 Å². The summed E-state index contributed by atoms with van der Waals surface area (Å²) in [4.78, 5) is 19.1. The first-order valence-electron chi connectivity index (χ1n) is 6.54. The van der Waals surface area contributed by atoms with Crippen molar-refractivity contribution in [2.45, 2.75) is 19.5 Å². The third kappa shape index (κ3) is 5.51. The summed E-state index contributed by atoms with van der Waals surface area (Å²) in [5.41, 5.74) is 6.33. The zero-order chi connectivity index (χ0) is 17.6. The Labute approximate surface area is 130 Å². The van der Waals surface area contributed by atoms with Gasteiger partial charge in [0.1, 0.15) is 0 Å². The van der Waals surface area contributed by atoms with E-state index in [1.54, 1.807) is 18.3 Å². The fraction of sp³-hybridized carbons (Fsp3) is 0.200. The molecule has 2 rings (SSSR count). The maximum absolute atomic E-state index is 13.3. The van der Waals surface area contributed by atoms with Crippen LogP contribution >= 0.6 is 0 Å². The molecule has 0 aliphatic heterocycles. The van der Waals surface area contributed by atoms with Crippen LogP contribution in [0.2, 0.25) is 0 Å². The lowest BCUT2D eigenvalue weighted by atomic mass is 10.2. The molecule has 1 aromatic carbocycles. The molecular weight excluding hydrogens is 310 g/mol. The Balaban J connectivity index is 0.000000284. The number of halogens is 2. The Morgan fingerprint density at radius 3 is 2.26 bits per heavy atom. The first-order chi connectivity index (χ1) is 10.7. The van der Waals surface area contributed by atoms with E-state index in [2.05, 4.69) is 0 Å². The Hall–Kier alpha value is -2.74. The van der Waals surface area contributed by atoms with Crippen LogP contribution in [-0.2, 0) is 16.1 Å². The first-order valence-corrected chi connectivity index (χ1v) is 6.54. The van der Waals surface area contributed by atoms with Crippen LogP contribution in [0, 0.1) is 11.6 Å². The normalized spacial score (nSPS) is 12.0. The van der Waals surface area contributed by atoms with Crippen molar-refractivity contribution in [3.63, 3.8) is 0 Å². The number of carboxylic acids is 2. The second-order valence-electron chi connectivity index (χ2n) is 4.75. The highest BCUT2D eigenvalue weighted by atomic mass is 19.2. The first kappa shape index (κ1) is 18.3. The molecule has 8 heteroatoms. The topological polar surface area (TPSA) is 106 Å². The third-order valence-electron chi connectivity index (χ3n) is 2.69. The number of aliphatic carboxylic acids is 2. The number of carboxylic acid groups (broad SMARTS) is 2. The minimum Gasteiger partial charge on any atom is -0.478 e. The molecule has 0 radical (unpaired) electrons. The maximum Gasteiger partial charge on any atom is 0.328 e. The number of hydrogen-bond acceptors (Lipinski definition) is 3. The average Bonchev–Trinajstić information content (AvgIpc) is 2.84.